The molecule has 1 amide bonds. The van der Waals surface area contributed by atoms with Gasteiger partial charge in [0.05, 0.1) is 6.54 Å². The Morgan fingerprint density at radius 2 is 2.09 bits per heavy atom. The number of amides is 1. The number of hydrogen-bond acceptors (Lipinski definition) is 2. The van der Waals surface area contributed by atoms with E-state index in [1.807, 2.05) is 45.0 Å². The molecule has 0 aromatic heterocycles. The molecule has 120 valence electrons. The Balaban J connectivity index is 1.93. The molecular weight excluding hydrogens is 276 g/mol. The van der Waals surface area contributed by atoms with Crippen molar-refractivity contribution in [2.75, 3.05) is 5.32 Å². The Bertz CT molecular complexity index is 556. The molecule has 1 aromatic carbocycles. The van der Waals surface area contributed by atoms with Gasteiger partial charge in [-0.05, 0) is 51.3 Å². The van der Waals surface area contributed by atoms with Gasteiger partial charge >= 0.3 is 0 Å². The van der Waals surface area contributed by atoms with Gasteiger partial charge in [-0.3, -0.25) is 4.79 Å². The van der Waals surface area contributed by atoms with Crippen LogP contribution < -0.4 is 16.4 Å². The molecule has 2 rings (SSSR count). The Morgan fingerprint density at radius 1 is 1.36 bits per heavy atom. The molecule has 0 spiro atoms. The smallest absolute Gasteiger partial charge is 0.227 e. The van der Waals surface area contributed by atoms with Crippen LogP contribution in [0.4, 0.5) is 5.69 Å². The largest absolute Gasteiger partial charge is 0.370 e. The third-order valence-electron chi connectivity index (χ3n) is 3.61. The lowest BCUT2D eigenvalue weighted by molar-refractivity contribution is -0.122. The monoisotopic (exact) mass is 302 g/mol. The number of nitrogens with two attached hydrogens (primary N) is 1. The lowest BCUT2D eigenvalue weighted by Crippen LogP contribution is -2.44. The van der Waals surface area contributed by atoms with Crippen molar-refractivity contribution in [1.29, 1.82) is 0 Å². The number of rotatable bonds is 4. The standard InChI is InChI=1S/C17H26N4O/c1-17(2,3)21-16(18)19-11-12-6-4-9-14(10-12)20-15(22)13-7-5-8-13/h4,6,9-10,13H,5,7-8,11H2,1-3H3,(H,20,22)(H3,18,19,21). The molecule has 22 heavy (non-hydrogen) atoms. The molecule has 0 radical (unpaired) electrons. The third-order valence-corrected chi connectivity index (χ3v) is 3.61. The molecule has 1 aromatic rings. The van der Waals surface area contributed by atoms with Crippen molar-refractivity contribution in [2.24, 2.45) is 16.6 Å². The summed E-state index contributed by atoms with van der Waals surface area (Å²) in [5, 5.41) is 6.10. The molecule has 1 aliphatic carbocycles. The molecule has 4 N–H and O–H groups in total. The van der Waals surface area contributed by atoms with Crippen molar-refractivity contribution < 1.29 is 4.79 Å². The van der Waals surface area contributed by atoms with E-state index in [9.17, 15) is 4.79 Å². The summed E-state index contributed by atoms with van der Waals surface area (Å²) in [7, 11) is 0. The summed E-state index contributed by atoms with van der Waals surface area (Å²) >= 11 is 0. The van der Waals surface area contributed by atoms with E-state index in [2.05, 4.69) is 15.6 Å². The van der Waals surface area contributed by atoms with Crippen LogP contribution in [0.15, 0.2) is 29.3 Å². The van der Waals surface area contributed by atoms with E-state index in [4.69, 9.17) is 5.73 Å². The zero-order chi connectivity index (χ0) is 16.2. The molecule has 1 saturated carbocycles. The lowest BCUT2D eigenvalue weighted by Gasteiger charge is -2.24. The van der Waals surface area contributed by atoms with Crippen LogP contribution in [0.1, 0.15) is 45.6 Å². The van der Waals surface area contributed by atoms with Crippen molar-refractivity contribution >= 4 is 17.6 Å². The molecule has 0 unspecified atom stereocenters. The summed E-state index contributed by atoms with van der Waals surface area (Å²) in [4.78, 5) is 16.3. The van der Waals surface area contributed by atoms with Crippen LogP contribution in [-0.4, -0.2) is 17.4 Å². The fourth-order valence-corrected chi connectivity index (χ4v) is 2.26. The van der Waals surface area contributed by atoms with Crippen molar-refractivity contribution in [3.63, 3.8) is 0 Å². The highest BCUT2D eigenvalue weighted by atomic mass is 16.1. The van der Waals surface area contributed by atoms with Gasteiger partial charge in [0.25, 0.3) is 0 Å². The Morgan fingerprint density at radius 3 is 2.68 bits per heavy atom. The zero-order valence-corrected chi connectivity index (χ0v) is 13.6. The Labute approximate surface area is 132 Å². The van der Waals surface area contributed by atoms with Crippen molar-refractivity contribution in [2.45, 2.75) is 52.1 Å². The topological polar surface area (TPSA) is 79.5 Å². The molecule has 5 heteroatoms. The number of nitrogens with one attached hydrogen (secondary N) is 2. The van der Waals surface area contributed by atoms with Gasteiger partial charge in [0, 0.05) is 17.1 Å². The number of nitrogens with zero attached hydrogens (tertiary/aromatic N) is 1. The van der Waals surface area contributed by atoms with Crippen LogP contribution >= 0.6 is 0 Å². The number of benzene rings is 1. The van der Waals surface area contributed by atoms with Crippen LogP contribution in [0.5, 0.6) is 0 Å². The highest BCUT2D eigenvalue weighted by Crippen LogP contribution is 2.27. The number of guanidine groups is 1. The fourth-order valence-electron chi connectivity index (χ4n) is 2.26. The number of carbonyl (C=O) groups excluding carboxylic acids is 1. The van der Waals surface area contributed by atoms with E-state index in [0.717, 1.165) is 30.5 Å². The maximum absolute atomic E-state index is 12.0. The SMILES string of the molecule is CC(C)(C)NC(N)=NCc1cccc(NC(=O)C2CCC2)c1. The van der Waals surface area contributed by atoms with Gasteiger partial charge in [0.2, 0.25) is 5.91 Å². The summed E-state index contributed by atoms with van der Waals surface area (Å²) in [5.41, 5.74) is 7.60. The predicted molar refractivity (Wildman–Crippen MR) is 90.6 cm³/mol. The van der Waals surface area contributed by atoms with Crippen LogP contribution in [0.25, 0.3) is 0 Å². The molecule has 0 saturated heterocycles. The van der Waals surface area contributed by atoms with E-state index in [1.165, 1.54) is 0 Å². The lowest BCUT2D eigenvalue weighted by atomic mass is 9.85. The van der Waals surface area contributed by atoms with Gasteiger partial charge < -0.3 is 16.4 Å². The van der Waals surface area contributed by atoms with E-state index >= 15 is 0 Å². The summed E-state index contributed by atoms with van der Waals surface area (Å²) in [6.07, 6.45) is 3.17. The minimum atomic E-state index is -0.105. The first-order valence-electron chi connectivity index (χ1n) is 7.81. The normalized spacial score (nSPS) is 16.0. The minimum absolute atomic E-state index is 0.105. The summed E-state index contributed by atoms with van der Waals surface area (Å²) < 4.78 is 0. The van der Waals surface area contributed by atoms with E-state index in [0.29, 0.717) is 12.5 Å². The third kappa shape index (κ3) is 5.06. The van der Waals surface area contributed by atoms with Crippen molar-refractivity contribution in [3.05, 3.63) is 29.8 Å². The van der Waals surface area contributed by atoms with E-state index in [1.54, 1.807) is 0 Å². The highest BCUT2D eigenvalue weighted by molar-refractivity contribution is 5.93. The Hall–Kier alpha value is -2.04. The maximum Gasteiger partial charge on any atom is 0.227 e. The predicted octanol–water partition coefficient (Wildman–Crippen LogP) is 2.63. The first-order chi connectivity index (χ1) is 10.3. The zero-order valence-electron chi connectivity index (χ0n) is 13.6. The molecule has 0 bridgehead atoms. The molecule has 0 atom stereocenters. The van der Waals surface area contributed by atoms with Gasteiger partial charge in [-0.25, -0.2) is 4.99 Å². The van der Waals surface area contributed by atoms with Crippen LogP contribution in [0.3, 0.4) is 0 Å². The second-order valence-electron chi connectivity index (χ2n) is 6.89. The van der Waals surface area contributed by atoms with Gasteiger partial charge in [-0.15, -0.1) is 0 Å². The first-order valence-corrected chi connectivity index (χ1v) is 7.81. The van der Waals surface area contributed by atoms with Crippen LogP contribution in [0, 0.1) is 5.92 Å². The molecule has 0 aliphatic heterocycles. The van der Waals surface area contributed by atoms with Gasteiger partial charge in [-0.2, -0.15) is 0 Å². The second kappa shape index (κ2) is 6.81. The summed E-state index contributed by atoms with van der Waals surface area (Å²) in [5.74, 6) is 0.741. The van der Waals surface area contributed by atoms with Gasteiger partial charge in [0.15, 0.2) is 5.96 Å². The molecule has 5 nitrogen and oxygen atoms in total. The molecule has 1 aliphatic rings. The van der Waals surface area contributed by atoms with Crippen LogP contribution in [0.2, 0.25) is 0 Å². The number of carbonyl (C=O) groups is 1. The summed E-state index contributed by atoms with van der Waals surface area (Å²) in [6.45, 7) is 6.59. The summed E-state index contributed by atoms with van der Waals surface area (Å²) in [6, 6.07) is 7.76. The quantitative estimate of drug-likeness (QED) is 0.591. The molecular formula is C17H26N4O. The molecule has 1 fully saturated rings. The fraction of sp³-hybridized carbons (Fsp3) is 0.529. The first kappa shape index (κ1) is 16.3. The van der Waals surface area contributed by atoms with Crippen molar-refractivity contribution in [1.82, 2.24) is 5.32 Å². The van der Waals surface area contributed by atoms with Gasteiger partial charge in [-0.1, -0.05) is 18.6 Å². The minimum Gasteiger partial charge on any atom is -0.370 e. The highest BCUT2D eigenvalue weighted by Gasteiger charge is 2.25. The Kier molecular flexibility index (Phi) is 5.06. The van der Waals surface area contributed by atoms with E-state index in [-0.39, 0.29) is 17.4 Å². The number of anilines is 1. The average Bonchev–Trinajstić information content (AvgIpc) is 2.32. The van der Waals surface area contributed by atoms with Crippen LogP contribution in [-0.2, 0) is 11.3 Å². The maximum atomic E-state index is 12.0. The molecule has 0 heterocycles. The number of hydrogen-bond donors (Lipinski definition) is 3. The van der Waals surface area contributed by atoms with Crippen molar-refractivity contribution in [3.8, 4) is 0 Å². The number of aliphatic imine (C=N–C) groups is 1. The second-order valence-corrected chi connectivity index (χ2v) is 6.89. The van der Waals surface area contributed by atoms with Gasteiger partial charge in [0.1, 0.15) is 0 Å². The average molecular weight is 302 g/mol. The van der Waals surface area contributed by atoms with E-state index < -0.39 is 0 Å².